The van der Waals surface area contributed by atoms with Crippen molar-refractivity contribution in [2.75, 3.05) is 19.8 Å². The summed E-state index contributed by atoms with van der Waals surface area (Å²) in [5, 5.41) is 117. The van der Waals surface area contributed by atoms with E-state index in [4.69, 9.17) is 23.7 Å². The molecule has 3 saturated heterocycles. The third kappa shape index (κ3) is 8.87. The first-order valence-electron chi connectivity index (χ1n) is 15.3. The van der Waals surface area contributed by atoms with E-state index < -0.39 is 135 Å². The van der Waals surface area contributed by atoms with Crippen LogP contribution in [-0.4, -0.2) is 185 Å². The minimum Gasteiger partial charge on any atom is -0.477 e. The summed E-state index contributed by atoms with van der Waals surface area (Å²) in [7, 11) is 0. The normalized spacial score (nSPS) is 41.1. The average molecular weight is 726 g/mol. The first-order valence-corrected chi connectivity index (χ1v) is 16.2. The van der Waals surface area contributed by atoms with Gasteiger partial charge in [0.2, 0.25) is 5.91 Å². The maximum atomic E-state index is 12.5. The molecule has 1 amide bonds. The second-order valence-electron chi connectivity index (χ2n) is 11.9. The predicted molar refractivity (Wildman–Crippen MR) is 160 cm³/mol. The minimum absolute atomic E-state index is 0.686. The molecule has 19 nitrogen and oxygen atoms in total. The largest absolute Gasteiger partial charge is 0.477 e. The van der Waals surface area contributed by atoms with Crippen molar-refractivity contribution in [3.63, 3.8) is 0 Å². The molecule has 3 aliphatic heterocycles. The number of aliphatic carboxylic acids is 1. The zero-order chi connectivity index (χ0) is 36.2. The number of carbonyl (C=O) groups excluding carboxylic acids is 1. The third-order valence-electron chi connectivity index (χ3n) is 8.44. The van der Waals surface area contributed by atoms with Crippen LogP contribution in [0.2, 0.25) is 0 Å². The first-order chi connectivity index (χ1) is 23.1. The lowest BCUT2D eigenvalue weighted by atomic mass is 9.88. The fourth-order valence-corrected chi connectivity index (χ4v) is 6.85. The summed E-state index contributed by atoms with van der Waals surface area (Å²) < 4.78 is 28.1. The van der Waals surface area contributed by atoms with Crippen LogP contribution < -0.4 is 5.32 Å². The van der Waals surface area contributed by atoms with Crippen LogP contribution in [-0.2, 0) is 33.3 Å². The number of carboxylic acid groups (broad SMARTS) is 1. The first kappa shape index (κ1) is 39.7. The summed E-state index contributed by atoms with van der Waals surface area (Å²) in [6.45, 7) is -1.60. The van der Waals surface area contributed by atoms with Gasteiger partial charge in [0.25, 0.3) is 5.79 Å². The van der Waals surface area contributed by atoms with Crippen molar-refractivity contribution in [3.05, 3.63) is 30.3 Å². The summed E-state index contributed by atoms with van der Waals surface area (Å²) in [6.07, 6.45) is -24.1. The van der Waals surface area contributed by atoms with Crippen molar-refractivity contribution in [2.24, 2.45) is 0 Å². The Balaban J connectivity index is 1.50. The molecule has 49 heavy (non-hydrogen) atoms. The van der Waals surface area contributed by atoms with Gasteiger partial charge in [-0.15, -0.1) is 0 Å². The molecule has 0 aromatic heterocycles. The molecule has 0 saturated carbocycles. The second-order valence-corrected chi connectivity index (χ2v) is 13.1. The average Bonchev–Trinajstić information content (AvgIpc) is 3.07. The van der Waals surface area contributed by atoms with Crippen LogP contribution in [0.3, 0.4) is 0 Å². The summed E-state index contributed by atoms with van der Waals surface area (Å²) >= 11 is 1.07. The Hall–Kier alpha value is -2.09. The van der Waals surface area contributed by atoms with Crippen LogP contribution in [0.25, 0.3) is 0 Å². The molecule has 3 fully saturated rings. The van der Waals surface area contributed by atoms with Gasteiger partial charge in [-0.25, -0.2) is 4.79 Å². The topological polar surface area (TPSA) is 315 Å². The molecule has 1 aromatic carbocycles. The van der Waals surface area contributed by atoms with Crippen molar-refractivity contribution in [1.82, 2.24) is 5.32 Å². The van der Waals surface area contributed by atoms with Crippen LogP contribution >= 0.6 is 11.8 Å². The number of benzene rings is 1. The maximum absolute atomic E-state index is 12.5. The Morgan fingerprint density at radius 2 is 1.63 bits per heavy atom. The van der Waals surface area contributed by atoms with Gasteiger partial charge in [-0.05, 0) is 12.1 Å². The summed E-state index contributed by atoms with van der Waals surface area (Å²) in [5.41, 5.74) is -1.05. The van der Waals surface area contributed by atoms with Crippen LogP contribution in [0.1, 0.15) is 13.3 Å². The molecule has 4 rings (SSSR count). The Labute approximate surface area is 283 Å². The number of aliphatic hydroxyl groups excluding tert-OH is 10. The summed E-state index contributed by atoms with van der Waals surface area (Å²) in [6, 6.07) is 7.27. The van der Waals surface area contributed by atoms with Crippen LogP contribution in [0, 0.1) is 0 Å². The molecule has 1 aromatic rings. The molecule has 16 atom stereocenters. The zero-order valence-electron chi connectivity index (χ0n) is 26.1. The predicted octanol–water partition coefficient (Wildman–Crippen LogP) is -5.42. The van der Waals surface area contributed by atoms with E-state index in [0.29, 0.717) is 4.90 Å². The number of thioether (sulfide) groups is 1. The van der Waals surface area contributed by atoms with E-state index in [1.54, 1.807) is 30.3 Å². The lowest BCUT2D eigenvalue weighted by Crippen LogP contribution is -2.68. The van der Waals surface area contributed by atoms with Crippen LogP contribution in [0.5, 0.6) is 0 Å². The molecular formula is C29H43NO18S. The Morgan fingerprint density at radius 1 is 0.959 bits per heavy atom. The number of aliphatic hydroxyl groups is 10. The number of hydrogen-bond donors (Lipinski definition) is 12. The molecular weight excluding hydrogens is 682 g/mol. The van der Waals surface area contributed by atoms with Crippen molar-refractivity contribution in [2.45, 2.75) is 115 Å². The van der Waals surface area contributed by atoms with Gasteiger partial charge >= 0.3 is 5.97 Å². The fourth-order valence-electron chi connectivity index (χ4n) is 5.77. The van der Waals surface area contributed by atoms with Crippen LogP contribution in [0.15, 0.2) is 35.2 Å². The monoisotopic (exact) mass is 725 g/mol. The highest BCUT2D eigenvalue weighted by Gasteiger charge is 2.57. The third-order valence-corrected chi connectivity index (χ3v) is 9.61. The van der Waals surface area contributed by atoms with Gasteiger partial charge in [0, 0.05) is 18.2 Å². The lowest BCUT2D eigenvalue weighted by molar-refractivity contribution is -0.354. The van der Waals surface area contributed by atoms with Crippen molar-refractivity contribution in [3.8, 4) is 0 Å². The molecule has 0 bridgehead atoms. The minimum atomic E-state index is -2.82. The number of hydrogen-bond acceptors (Lipinski definition) is 18. The van der Waals surface area contributed by atoms with E-state index in [1.807, 2.05) is 0 Å². The molecule has 20 heteroatoms. The van der Waals surface area contributed by atoms with Gasteiger partial charge in [-0.1, -0.05) is 30.0 Å². The number of nitrogens with one attached hydrogen (secondary N) is 1. The Bertz CT molecular complexity index is 1230. The van der Waals surface area contributed by atoms with E-state index in [2.05, 4.69) is 5.32 Å². The van der Waals surface area contributed by atoms with Crippen LogP contribution in [0.4, 0.5) is 0 Å². The van der Waals surface area contributed by atoms with Gasteiger partial charge in [-0.3, -0.25) is 4.79 Å². The van der Waals surface area contributed by atoms with Gasteiger partial charge in [0.05, 0.1) is 32.0 Å². The summed E-state index contributed by atoms with van der Waals surface area (Å²) in [4.78, 5) is 24.9. The smallest absolute Gasteiger partial charge is 0.364 e. The molecule has 0 aliphatic carbocycles. The van der Waals surface area contributed by atoms with Crippen molar-refractivity contribution in [1.29, 1.82) is 0 Å². The second kappa shape index (κ2) is 17.0. The molecule has 0 unspecified atom stereocenters. The van der Waals surface area contributed by atoms with E-state index in [0.717, 1.165) is 18.7 Å². The van der Waals surface area contributed by atoms with Gasteiger partial charge in [0.1, 0.15) is 72.6 Å². The molecule has 278 valence electrons. The standard InChI is InChI=1S/C29H43NO18S/c1-11(33)30-17-13(34)7-29(28(42)43,48-25(17)18(36)14(35)8-31)44-10-16-19(37)20(38)22(40)26(45-16)47-24-15(9-32)46-27(23(41)21(24)39)49-12-5-3-2-4-6-12/h2-6,13-27,31-32,34-41H,7-10H2,1H3,(H,30,33)(H,42,43)/t13-,14+,15+,16+,17+,18+,19-,20-,21+,22+,23+,24+,25+,26-,27-,29+/m0/s1. The highest BCUT2D eigenvalue weighted by atomic mass is 32.2. The number of carbonyl (C=O) groups is 2. The SMILES string of the molecule is CC(=O)N[C@H]1[C@H]([C@H](O)[C@H](O)CO)O[C@@](OC[C@H]2O[C@@H](O[C@H]3[C@H](O)[C@@H](O)[C@H](Sc4ccccc4)O[C@@H]3CO)[C@H](O)[C@@H](O)[C@H]2O)(C(=O)O)C[C@@H]1O. The zero-order valence-corrected chi connectivity index (χ0v) is 26.9. The molecule has 3 heterocycles. The number of ether oxygens (including phenoxy) is 5. The quantitative estimate of drug-likeness (QED) is 0.0903. The van der Waals surface area contributed by atoms with Crippen molar-refractivity contribution >= 4 is 23.6 Å². The van der Waals surface area contributed by atoms with Crippen molar-refractivity contribution < 1.29 is 89.4 Å². The highest BCUT2D eigenvalue weighted by Crippen LogP contribution is 2.37. The highest BCUT2D eigenvalue weighted by molar-refractivity contribution is 7.99. The number of amides is 1. The molecule has 12 N–H and O–H groups in total. The van der Waals surface area contributed by atoms with E-state index in [1.165, 1.54) is 0 Å². The van der Waals surface area contributed by atoms with E-state index in [-0.39, 0.29) is 0 Å². The fraction of sp³-hybridized carbons (Fsp3) is 0.724. The molecule has 3 aliphatic rings. The van der Waals surface area contributed by atoms with Gasteiger partial charge in [-0.2, -0.15) is 0 Å². The molecule has 0 radical (unpaired) electrons. The Morgan fingerprint density at radius 3 is 2.22 bits per heavy atom. The Kier molecular flexibility index (Phi) is 13.7. The lowest BCUT2D eigenvalue weighted by Gasteiger charge is -2.48. The molecule has 0 spiro atoms. The summed E-state index contributed by atoms with van der Waals surface area (Å²) in [5.74, 6) is -5.38. The van der Waals surface area contributed by atoms with Gasteiger partial charge < -0.3 is 85.2 Å². The van der Waals surface area contributed by atoms with E-state index in [9.17, 15) is 65.8 Å². The number of carboxylic acids is 1. The van der Waals surface area contributed by atoms with Gasteiger partial charge in [0.15, 0.2) is 6.29 Å². The maximum Gasteiger partial charge on any atom is 0.364 e. The van der Waals surface area contributed by atoms with E-state index >= 15 is 0 Å². The number of rotatable bonds is 13.